The number of piperazine rings is 1. The number of anilines is 1. The fourth-order valence-electron chi connectivity index (χ4n) is 3.17. The van der Waals surface area contributed by atoms with Crippen LogP contribution in [-0.4, -0.2) is 56.9 Å². The normalized spacial score (nSPS) is 24.3. The van der Waals surface area contributed by atoms with Gasteiger partial charge in [-0.15, -0.1) is 0 Å². The summed E-state index contributed by atoms with van der Waals surface area (Å²) < 4.78 is 6.64. The largest absolute Gasteiger partial charge is 0.378 e. The van der Waals surface area contributed by atoms with E-state index in [-0.39, 0.29) is 0 Å². The van der Waals surface area contributed by atoms with E-state index in [1.165, 1.54) is 11.3 Å². The standard InChI is InChI=1S/C16H24BrN3O/c1-13-11-19(5-4-18-13)12-14-2-3-15(17)10-16(14)20-6-8-21-9-7-20/h2-3,10,13,18H,4-9,11-12H2,1H3/t13-/m0/s1. The van der Waals surface area contributed by atoms with Crippen LogP contribution in [0.15, 0.2) is 22.7 Å². The van der Waals surface area contributed by atoms with Crippen molar-refractivity contribution in [1.82, 2.24) is 10.2 Å². The molecule has 3 rings (SSSR count). The Bertz CT molecular complexity index is 477. The lowest BCUT2D eigenvalue weighted by molar-refractivity contribution is 0.122. The van der Waals surface area contributed by atoms with Gasteiger partial charge in [-0.2, -0.15) is 0 Å². The molecule has 2 aliphatic rings. The zero-order chi connectivity index (χ0) is 14.7. The summed E-state index contributed by atoms with van der Waals surface area (Å²) in [5.74, 6) is 0. The summed E-state index contributed by atoms with van der Waals surface area (Å²) in [7, 11) is 0. The predicted molar refractivity (Wildman–Crippen MR) is 89.9 cm³/mol. The Morgan fingerprint density at radius 3 is 2.86 bits per heavy atom. The molecule has 0 unspecified atom stereocenters. The van der Waals surface area contributed by atoms with Gasteiger partial charge in [0.2, 0.25) is 0 Å². The van der Waals surface area contributed by atoms with Gasteiger partial charge in [-0.3, -0.25) is 4.90 Å². The smallest absolute Gasteiger partial charge is 0.0642 e. The molecule has 1 atom stereocenters. The molecule has 2 fully saturated rings. The summed E-state index contributed by atoms with van der Waals surface area (Å²) in [6, 6.07) is 7.26. The number of hydrogen-bond donors (Lipinski definition) is 1. The highest BCUT2D eigenvalue weighted by molar-refractivity contribution is 9.10. The van der Waals surface area contributed by atoms with E-state index in [4.69, 9.17) is 4.74 Å². The van der Waals surface area contributed by atoms with E-state index in [0.29, 0.717) is 6.04 Å². The van der Waals surface area contributed by atoms with Crippen molar-refractivity contribution in [3.05, 3.63) is 28.2 Å². The van der Waals surface area contributed by atoms with E-state index in [0.717, 1.165) is 57.0 Å². The van der Waals surface area contributed by atoms with Crippen molar-refractivity contribution in [2.24, 2.45) is 0 Å². The maximum Gasteiger partial charge on any atom is 0.0642 e. The number of halogens is 1. The summed E-state index contributed by atoms with van der Waals surface area (Å²) in [5.41, 5.74) is 2.79. The minimum absolute atomic E-state index is 0.584. The number of morpholine rings is 1. The molecule has 21 heavy (non-hydrogen) atoms. The molecule has 116 valence electrons. The number of nitrogens with zero attached hydrogens (tertiary/aromatic N) is 2. The highest BCUT2D eigenvalue weighted by Crippen LogP contribution is 2.27. The van der Waals surface area contributed by atoms with Crippen LogP contribution >= 0.6 is 15.9 Å². The maximum atomic E-state index is 5.48. The molecule has 1 aromatic carbocycles. The molecule has 1 aromatic rings. The third-order valence-electron chi connectivity index (χ3n) is 4.25. The average Bonchev–Trinajstić information content (AvgIpc) is 2.50. The van der Waals surface area contributed by atoms with Gasteiger partial charge in [0.25, 0.3) is 0 Å². The fourth-order valence-corrected chi connectivity index (χ4v) is 3.52. The van der Waals surface area contributed by atoms with Crippen LogP contribution in [0.2, 0.25) is 0 Å². The summed E-state index contributed by atoms with van der Waals surface area (Å²) in [6.45, 7) is 10.3. The van der Waals surface area contributed by atoms with Crippen LogP contribution in [0.1, 0.15) is 12.5 Å². The lowest BCUT2D eigenvalue weighted by atomic mass is 10.1. The Morgan fingerprint density at radius 2 is 2.10 bits per heavy atom. The monoisotopic (exact) mass is 353 g/mol. The van der Waals surface area contributed by atoms with Crippen molar-refractivity contribution in [3.63, 3.8) is 0 Å². The lowest BCUT2D eigenvalue weighted by Crippen LogP contribution is -2.48. The summed E-state index contributed by atoms with van der Waals surface area (Å²) >= 11 is 3.62. The molecule has 4 nitrogen and oxygen atoms in total. The van der Waals surface area contributed by atoms with Gasteiger partial charge in [0.1, 0.15) is 0 Å². The van der Waals surface area contributed by atoms with Crippen LogP contribution in [0.3, 0.4) is 0 Å². The van der Waals surface area contributed by atoms with E-state index in [1.807, 2.05) is 0 Å². The topological polar surface area (TPSA) is 27.7 Å². The van der Waals surface area contributed by atoms with Gasteiger partial charge in [-0.1, -0.05) is 22.0 Å². The van der Waals surface area contributed by atoms with E-state index in [2.05, 4.69) is 56.2 Å². The van der Waals surface area contributed by atoms with Crippen LogP contribution in [0, 0.1) is 0 Å². The number of hydrogen-bond acceptors (Lipinski definition) is 4. The minimum atomic E-state index is 0.584. The Hall–Kier alpha value is -0.620. The molecule has 0 bridgehead atoms. The zero-order valence-electron chi connectivity index (χ0n) is 12.6. The van der Waals surface area contributed by atoms with Gasteiger partial charge in [0, 0.05) is 55.5 Å². The molecule has 1 N–H and O–H groups in total. The molecule has 2 heterocycles. The fraction of sp³-hybridized carbons (Fsp3) is 0.625. The van der Waals surface area contributed by atoms with E-state index in [9.17, 15) is 0 Å². The number of rotatable bonds is 3. The third kappa shape index (κ3) is 3.97. The van der Waals surface area contributed by atoms with Crippen molar-refractivity contribution in [2.75, 3.05) is 50.8 Å². The Kier molecular flexibility index (Phi) is 5.16. The summed E-state index contributed by atoms with van der Waals surface area (Å²) in [4.78, 5) is 5.00. The molecule has 2 aliphatic heterocycles. The Morgan fingerprint density at radius 1 is 1.29 bits per heavy atom. The number of ether oxygens (including phenoxy) is 1. The molecule has 0 spiro atoms. The van der Waals surface area contributed by atoms with Crippen LogP contribution in [0.4, 0.5) is 5.69 Å². The Balaban J connectivity index is 1.77. The van der Waals surface area contributed by atoms with Gasteiger partial charge in [-0.05, 0) is 24.6 Å². The summed E-state index contributed by atoms with van der Waals surface area (Å²) in [6.07, 6.45) is 0. The molecule has 0 radical (unpaired) electrons. The SMILES string of the molecule is C[C@H]1CN(Cc2ccc(Br)cc2N2CCOCC2)CCN1. The molecular formula is C16H24BrN3O. The quantitative estimate of drug-likeness (QED) is 0.900. The van der Waals surface area contributed by atoms with E-state index in [1.54, 1.807) is 0 Å². The van der Waals surface area contributed by atoms with Crippen molar-refractivity contribution < 1.29 is 4.74 Å². The van der Waals surface area contributed by atoms with Gasteiger partial charge in [0.15, 0.2) is 0 Å². The molecule has 0 amide bonds. The van der Waals surface area contributed by atoms with Gasteiger partial charge in [-0.25, -0.2) is 0 Å². The minimum Gasteiger partial charge on any atom is -0.378 e. The van der Waals surface area contributed by atoms with Gasteiger partial charge < -0.3 is 15.0 Å². The zero-order valence-corrected chi connectivity index (χ0v) is 14.2. The highest BCUT2D eigenvalue weighted by Gasteiger charge is 2.19. The second-order valence-corrected chi connectivity index (χ2v) is 6.88. The van der Waals surface area contributed by atoms with Crippen LogP contribution in [0.5, 0.6) is 0 Å². The van der Waals surface area contributed by atoms with Crippen LogP contribution in [0.25, 0.3) is 0 Å². The maximum absolute atomic E-state index is 5.48. The first-order chi connectivity index (χ1) is 10.2. The lowest BCUT2D eigenvalue weighted by Gasteiger charge is -2.35. The van der Waals surface area contributed by atoms with Crippen LogP contribution in [-0.2, 0) is 11.3 Å². The molecule has 0 aliphatic carbocycles. The third-order valence-corrected chi connectivity index (χ3v) is 4.74. The molecule has 0 saturated carbocycles. The highest BCUT2D eigenvalue weighted by atomic mass is 79.9. The molecule has 0 aromatic heterocycles. The average molecular weight is 354 g/mol. The first-order valence-electron chi connectivity index (χ1n) is 7.79. The second-order valence-electron chi connectivity index (χ2n) is 5.96. The van der Waals surface area contributed by atoms with Gasteiger partial charge in [0.05, 0.1) is 13.2 Å². The molecular weight excluding hydrogens is 330 g/mol. The second kappa shape index (κ2) is 7.09. The first-order valence-corrected chi connectivity index (χ1v) is 8.58. The molecule has 5 heteroatoms. The van der Waals surface area contributed by atoms with Crippen molar-refractivity contribution in [3.8, 4) is 0 Å². The number of benzene rings is 1. The van der Waals surface area contributed by atoms with Gasteiger partial charge >= 0.3 is 0 Å². The van der Waals surface area contributed by atoms with Crippen molar-refractivity contribution in [1.29, 1.82) is 0 Å². The summed E-state index contributed by atoms with van der Waals surface area (Å²) in [5, 5.41) is 3.51. The molecule has 2 saturated heterocycles. The van der Waals surface area contributed by atoms with Crippen molar-refractivity contribution >= 4 is 21.6 Å². The predicted octanol–water partition coefficient (Wildman–Crippen LogP) is 2.08. The van der Waals surface area contributed by atoms with E-state index >= 15 is 0 Å². The van der Waals surface area contributed by atoms with Crippen molar-refractivity contribution in [2.45, 2.75) is 19.5 Å². The van der Waals surface area contributed by atoms with Crippen LogP contribution < -0.4 is 10.2 Å². The number of nitrogens with one attached hydrogen (secondary N) is 1. The Labute approximate surface area is 135 Å². The first kappa shape index (κ1) is 15.3. The van der Waals surface area contributed by atoms with E-state index < -0.39 is 0 Å².